The topological polar surface area (TPSA) is 84.8 Å². The van der Waals surface area contributed by atoms with Gasteiger partial charge in [0.25, 0.3) is 5.91 Å². The molecule has 0 atom stereocenters. The van der Waals surface area contributed by atoms with Crippen molar-refractivity contribution >= 4 is 28.1 Å². The van der Waals surface area contributed by atoms with Crippen LogP contribution in [0.4, 0.5) is 10.8 Å². The predicted molar refractivity (Wildman–Crippen MR) is 121 cm³/mol. The standard InChI is InChI=1S/C21H26N6O3S/c1-4-25-10-12-26(13-11-25)20-23-24-21(31-20)27-9-5-6-17(27)19(28)22-16-8-7-15(29-2)14-18(16)30-3/h5-9,14H,4,10-13H2,1-3H3,(H,22,28). The minimum Gasteiger partial charge on any atom is -0.497 e. The van der Waals surface area contributed by atoms with Crippen molar-refractivity contribution in [2.24, 2.45) is 0 Å². The van der Waals surface area contributed by atoms with E-state index in [0.29, 0.717) is 28.0 Å². The Morgan fingerprint density at radius 1 is 1.10 bits per heavy atom. The van der Waals surface area contributed by atoms with Crippen LogP contribution in [0.1, 0.15) is 17.4 Å². The van der Waals surface area contributed by atoms with E-state index in [9.17, 15) is 4.79 Å². The quantitative estimate of drug-likeness (QED) is 0.602. The summed E-state index contributed by atoms with van der Waals surface area (Å²) < 4.78 is 12.3. The van der Waals surface area contributed by atoms with Crippen molar-refractivity contribution in [2.75, 3.05) is 57.2 Å². The lowest BCUT2D eigenvalue weighted by Gasteiger charge is -2.33. The Balaban J connectivity index is 1.51. The first-order chi connectivity index (χ1) is 15.1. The number of methoxy groups -OCH3 is 2. The van der Waals surface area contributed by atoms with Crippen LogP contribution < -0.4 is 19.7 Å². The van der Waals surface area contributed by atoms with E-state index >= 15 is 0 Å². The van der Waals surface area contributed by atoms with Gasteiger partial charge in [-0.05, 0) is 30.8 Å². The van der Waals surface area contributed by atoms with Crippen molar-refractivity contribution < 1.29 is 14.3 Å². The van der Waals surface area contributed by atoms with Crippen LogP contribution in [0.5, 0.6) is 11.5 Å². The first kappa shape index (κ1) is 21.1. The highest BCUT2D eigenvalue weighted by Gasteiger charge is 2.21. The summed E-state index contributed by atoms with van der Waals surface area (Å²) in [5.74, 6) is 0.913. The Labute approximate surface area is 185 Å². The molecule has 164 valence electrons. The molecule has 0 aliphatic carbocycles. The number of aromatic nitrogens is 3. The maximum atomic E-state index is 13.0. The number of ether oxygens (including phenoxy) is 2. The number of anilines is 2. The van der Waals surface area contributed by atoms with Gasteiger partial charge in [0.2, 0.25) is 10.3 Å². The highest BCUT2D eigenvalue weighted by molar-refractivity contribution is 7.17. The number of likely N-dealkylation sites (N-methyl/N-ethyl adjacent to an activating group) is 1. The molecule has 0 saturated carbocycles. The highest BCUT2D eigenvalue weighted by Crippen LogP contribution is 2.30. The van der Waals surface area contributed by atoms with Gasteiger partial charge in [0.15, 0.2) is 0 Å². The molecule has 3 aromatic rings. The third-order valence-corrected chi connectivity index (χ3v) is 6.32. The Kier molecular flexibility index (Phi) is 6.38. The van der Waals surface area contributed by atoms with Crippen molar-refractivity contribution in [3.05, 3.63) is 42.2 Å². The maximum Gasteiger partial charge on any atom is 0.272 e. The fourth-order valence-electron chi connectivity index (χ4n) is 3.51. The maximum absolute atomic E-state index is 13.0. The van der Waals surface area contributed by atoms with E-state index in [1.54, 1.807) is 43.1 Å². The summed E-state index contributed by atoms with van der Waals surface area (Å²) in [6.07, 6.45) is 1.82. The second-order valence-corrected chi connectivity index (χ2v) is 8.01. The summed E-state index contributed by atoms with van der Waals surface area (Å²) in [4.78, 5) is 17.7. The van der Waals surface area contributed by atoms with Crippen LogP contribution in [0, 0.1) is 0 Å². The fraction of sp³-hybridized carbons (Fsp3) is 0.381. The Hall–Kier alpha value is -3.11. The molecule has 1 amide bonds. The van der Waals surface area contributed by atoms with Gasteiger partial charge < -0.3 is 24.6 Å². The van der Waals surface area contributed by atoms with Crippen LogP contribution in [0.2, 0.25) is 0 Å². The van der Waals surface area contributed by atoms with E-state index in [4.69, 9.17) is 9.47 Å². The molecular formula is C21H26N6O3S. The first-order valence-corrected chi connectivity index (χ1v) is 11.0. The molecule has 10 heteroatoms. The van der Waals surface area contributed by atoms with E-state index in [-0.39, 0.29) is 5.91 Å². The lowest BCUT2D eigenvalue weighted by molar-refractivity contribution is 0.102. The molecule has 0 spiro atoms. The van der Waals surface area contributed by atoms with Crippen LogP contribution in [0.3, 0.4) is 0 Å². The van der Waals surface area contributed by atoms with E-state index in [2.05, 4.69) is 32.2 Å². The van der Waals surface area contributed by atoms with Gasteiger partial charge in [-0.1, -0.05) is 18.3 Å². The van der Waals surface area contributed by atoms with Gasteiger partial charge in [-0.15, -0.1) is 10.2 Å². The van der Waals surface area contributed by atoms with Gasteiger partial charge >= 0.3 is 0 Å². The molecule has 1 aromatic carbocycles. The SMILES string of the molecule is CCN1CCN(c2nnc(-n3cccc3C(=O)Nc3ccc(OC)cc3OC)s2)CC1. The van der Waals surface area contributed by atoms with E-state index in [1.807, 2.05) is 12.3 Å². The van der Waals surface area contributed by atoms with Crippen LogP contribution in [-0.2, 0) is 0 Å². The average molecular weight is 443 g/mol. The van der Waals surface area contributed by atoms with Gasteiger partial charge in [-0.3, -0.25) is 9.36 Å². The fourth-order valence-corrected chi connectivity index (χ4v) is 4.41. The summed E-state index contributed by atoms with van der Waals surface area (Å²) in [5.41, 5.74) is 1.03. The first-order valence-electron chi connectivity index (χ1n) is 10.1. The summed E-state index contributed by atoms with van der Waals surface area (Å²) in [6.45, 7) is 7.14. The van der Waals surface area contributed by atoms with Gasteiger partial charge in [0, 0.05) is 38.4 Å². The molecule has 3 heterocycles. The molecule has 0 bridgehead atoms. The number of nitrogens with zero attached hydrogens (tertiary/aromatic N) is 5. The zero-order valence-corrected chi connectivity index (χ0v) is 18.7. The number of carbonyl (C=O) groups is 1. The Bertz CT molecular complexity index is 1040. The number of amides is 1. The number of piperazine rings is 1. The molecule has 1 fully saturated rings. The average Bonchev–Trinajstić information content (AvgIpc) is 3.49. The summed E-state index contributed by atoms with van der Waals surface area (Å²) in [5, 5.41) is 13.1. The van der Waals surface area contributed by atoms with Gasteiger partial charge in [-0.25, -0.2) is 0 Å². The van der Waals surface area contributed by atoms with E-state index < -0.39 is 0 Å². The van der Waals surface area contributed by atoms with Gasteiger partial charge in [0.05, 0.1) is 19.9 Å². The van der Waals surface area contributed by atoms with E-state index in [0.717, 1.165) is 37.9 Å². The molecule has 0 radical (unpaired) electrons. The summed E-state index contributed by atoms with van der Waals surface area (Å²) in [7, 11) is 3.14. The molecule has 4 rings (SSSR count). The van der Waals surface area contributed by atoms with E-state index in [1.165, 1.54) is 11.3 Å². The third-order valence-electron chi connectivity index (χ3n) is 5.34. The second-order valence-electron chi connectivity index (χ2n) is 7.07. The second kappa shape index (κ2) is 9.36. The van der Waals surface area contributed by atoms with Crippen molar-refractivity contribution in [1.29, 1.82) is 0 Å². The molecular weight excluding hydrogens is 416 g/mol. The predicted octanol–water partition coefficient (Wildman–Crippen LogP) is 2.74. The van der Waals surface area contributed by atoms with Crippen molar-refractivity contribution in [2.45, 2.75) is 6.92 Å². The minimum atomic E-state index is -0.262. The van der Waals surface area contributed by atoms with Gasteiger partial charge in [-0.2, -0.15) is 0 Å². The highest BCUT2D eigenvalue weighted by atomic mass is 32.1. The van der Waals surface area contributed by atoms with Crippen molar-refractivity contribution in [3.63, 3.8) is 0 Å². The molecule has 2 aromatic heterocycles. The lowest BCUT2D eigenvalue weighted by Crippen LogP contribution is -2.46. The normalized spacial score (nSPS) is 14.5. The molecule has 1 N–H and O–H groups in total. The minimum absolute atomic E-state index is 0.262. The number of nitrogens with one attached hydrogen (secondary N) is 1. The molecule has 1 saturated heterocycles. The van der Waals surface area contributed by atoms with Crippen LogP contribution >= 0.6 is 11.3 Å². The van der Waals surface area contributed by atoms with Gasteiger partial charge in [0.1, 0.15) is 17.2 Å². The Morgan fingerprint density at radius 2 is 1.87 bits per heavy atom. The Morgan fingerprint density at radius 3 is 2.58 bits per heavy atom. The van der Waals surface area contributed by atoms with Crippen LogP contribution in [0.15, 0.2) is 36.5 Å². The number of rotatable bonds is 7. The smallest absolute Gasteiger partial charge is 0.272 e. The number of hydrogen-bond acceptors (Lipinski definition) is 8. The number of carbonyl (C=O) groups excluding carboxylic acids is 1. The molecule has 1 aliphatic heterocycles. The zero-order chi connectivity index (χ0) is 21.8. The molecule has 9 nitrogen and oxygen atoms in total. The van der Waals surface area contributed by atoms with Crippen molar-refractivity contribution in [1.82, 2.24) is 19.7 Å². The monoisotopic (exact) mass is 442 g/mol. The third kappa shape index (κ3) is 4.49. The molecule has 0 unspecified atom stereocenters. The lowest BCUT2D eigenvalue weighted by atomic mass is 10.2. The molecule has 1 aliphatic rings. The summed E-state index contributed by atoms with van der Waals surface area (Å²) >= 11 is 1.48. The molecule has 31 heavy (non-hydrogen) atoms. The number of benzene rings is 1. The largest absolute Gasteiger partial charge is 0.497 e. The summed E-state index contributed by atoms with van der Waals surface area (Å²) in [6, 6.07) is 8.83. The number of hydrogen-bond donors (Lipinski definition) is 1. The van der Waals surface area contributed by atoms with Crippen molar-refractivity contribution in [3.8, 4) is 16.6 Å². The van der Waals surface area contributed by atoms with Crippen LogP contribution in [0.25, 0.3) is 5.13 Å². The zero-order valence-electron chi connectivity index (χ0n) is 17.9. The van der Waals surface area contributed by atoms with Crippen LogP contribution in [-0.4, -0.2) is 72.5 Å².